The highest BCUT2D eigenvalue weighted by Crippen LogP contribution is 2.28. The van der Waals surface area contributed by atoms with E-state index in [2.05, 4.69) is 27.8 Å². The van der Waals surface area contributed by atoms with E-state index in [9.17, 15) is 8.42 Å². The van der Waals surface area contributed by atoms with Crippen LogP contribution in [-0.4, -0.2) is 30.3 Å². The second kappa shape index (κ2) is 6.33. The Balaban J connectivity index is 2.31. The van der Waals surface area contributed by atoms with Crippen molar-refractivity contribution >= 4 is 26.0 Å². The lowest BCUT2D eigenvalue weighted by atomic mass is 10.0. The molecule has 0 saturated carbocycles. The van der Waals surface area contributed by atoms with Gasteiger partial charge in [0.25, 0.3) is 0 Å². The number of nitrogens with zero attached hydrogens (tertiary/aromatic N) is 2. The molecular formula is C13H19BrN2O2S. The first-order valence-corrected chi connectivity index (χ1v) is 8.91. The van der Waals surface area contributed by atoms with Crippen LogP contribution in [0.3, 0.4) is 0 Å². The molecule has 1 aliphatic rings. The zero-order chi connectivity index (χ0) is 13.9. The minimum Gasteiger partial charge on any atom is -0.262 e. The fourth-order valence-electron chi connectivity index (χ4n) is 2.58. The number of rotatable bonds is 4. The quantitative estimate of drug-likeness (QED) is 0.841. The number of aromatic nitrogens is 1. The number of halogens is 1. The van der Waals surface area contributed by atoms with Crippen molar-refractivity contribution in [3.8, 4) is 0 Å². The highest BCUT2D eigenvalue weighted by molar-refractivity contribution is 9.10. The van der Waals surface area contributed by atoms with Crippen LogP contribution in [0.2, 0.25) is 0 Å². The summed E-state index contributed by atoms with van der Waals surface area (Å²) in [6.07, 6.45) is 7.99. The smallest absolute Gasteiger partial charge is 0.244 e. The van der Waals surface area contributed by atoms with Gasteiger partial charge in [-0.15, -0.1) is 0 Å². The molecule has 1 saturated heterocycles. The standard InChI is InChI=1S/C13H19BrN2O2S/c1-2-5-12-6-3-4-7-16(12)19(17,18)13-8-11(14)9-15-10-13/h8-10,12H,2-7H2,1H3. The van der Waals surface area contributed by atoms with Crippen molar-refractivity contribution in [3.63, 3.8) is 0 Å². The van der Waals surface area contributed by atoms with Crippen molar-refractivity contribution in [2.45, 2.75) is 50.0 Å². The summed E-state index contributed by atoms with van der Waals surface area (Å²) in [6, 6.07) is 1.77. The third-order valence-corrected chi connectivity index (χ3v) is 5.83. The predicted octanol–water partition coefficient (Wildman–Crippen LogP) is 3.19. The zero-order valence-electron chi connectivity index (χ0n) is 11.0. The summed E-state index contributed by atoms with van der Waals surface area (Å²) in [6.45, 7) is 2.72. The molecule has 1 atom stereocenters. The van der Waals surface area contributed by atoms with E-state index in [0.29, 0.717) is 11.0 Å². The molecule has 0 radical (unpaired) electrons. The van der Waals surface area contributed by atoms with Gasteiger partial charge >= 0.3 is 0 Å². The lowest BCUT2D eigenvalue weighted by Crippen LogP contribution is -2.43. The first kappa shape index (κ1) is 14.9. The number of pyridine rings is 1. The van der Waals surface area contributed by atoms with Gasteiger partial charge in [0.1, 0.15) is 4.90 Å². The second-order valence-electron chi connectivity index (χ2n) is 4.89. The molecule has 1 aromatic rings. The zero-order valence-corrected chi connectivity index (χ0v) is 13.5. The summed E-state index contributed by atoms with van der Waals surface area (Å²) in [5, 5.41) is 0. The van der Waals surface area contributed by atoms with Gasteiger partial charge in [-0.3, -0.25) is 4.98 Å². The van der Waals surface area contributed by atoms with Gasteiger partial charge in [-0.25, -0.2) is 8.42 Å². The average molecular weight is 347 g/mol. The van der Waals surface area contributed by atoms with Crippen molar-refractivity contribution in [1.29, 1.82) is 0 Å². The van der Waals surface area contributed by atoms with Gasteiger partial charge in [-0.05, 0) is 41.3 Å². The van der Waals surface area contributed by atoms with Gasteiger partial charge in [0.15, 0.2) is 0 Å². The molecule has 6 heteroatoms. The van der Waals surface area contributed by atoms with E-state index in [-0.39, 0.29) is 10.9 Å². The Morgan fingerprint density at radius 2 is 2.21 bits per heavy atom. The van der Waals surface area contributed by atoms with Crippen LogP contribution in [0, 0.1) is 0 Å². The van der Waals surface area contributed by atoms with E-state index in [0.717, 1.165) is 32.1 Å². The molecule has 0 bridgehead atoms. The minimum atomic E-state index is -3.42. The third kappa shape index (κ3) is 3.35. The van der Waals surface area contributed by atoms with E-state index in [4.69, 9.17) is 0 Å². The van der Waals surface area contributed by atoms with Crippen molar-refractivity contribution in [2.75, 3.05) is 6.54 Å². The molecular weight excluding hydrogens is 328 g/mol. The minimum absolute atomic E-state index is 0.141. The summed E-state index contributed by atoms with van der Waals surface area (Å²) in [7, 11) is -3.42. The van der Waals surface area contributed by atoms with E-state index >= 15 is 0 Å². The monoisotopic (exact) mass is 346 g/mol. The van der Waals surface area contributed by atoms with Crippen LogP contribution < -0.4 is 0 Å². The summed E-state index contributed by atoms with van der Waals surface area (Å²) in [5.74, 6) is 0. The molecule has 0 spiro atoms. The van der Waals surface area contributed by atoms with Crippen LogP contribution >= 0.6 is 15.9 Å². The van der Waals surface area contributed by atoms with Gasteiger partial charge in [0.05, 0.1) is 0 Å². The highest BCUT2D eigenvalue weighted by atomic mass is 79.9. The summed E-state index contributed by atoms with van der Waals surface area (Å²) in [5.41, 5.74) is 0. The molecule has 1 unspecified atom stereocenters. The van der Waals surface area contributed by atoms with E-state index in [1.165, 1.54) is 6.20 Å². The van der Waals surface area contributed by atoms with E-state index in [1.54, 1.807) is 16.6 Å². The fourth-order valence-corrected chi connectivity index (χ4v) is 4.81. The Hall–Kier alpha value is -0.460. The number of hydrogen-bond donors (Lipinski definition) is 0. The third-order valence-electron chi connectivity index (χ3n) is 3.48. The largest absolute Gasteiger partial charge is 0.262 e. The van der Waals surface area contributed by atoms with Gasteiger partial charge in [0, 0.05) is 29.5 Å². The molecule has 0 amide bonds. The molecule has 1 aromatic heterocycles. The topological polar surface area (TPSA) is 50.3 Å². The Labute approximate surface area is 123 Å². The molecule has 2 rings (SSSR count). The van der Waals surface area contributed by atoms with Crippen LogP contribution in [0.25, 0.3) is 0 Å². The maximum absolute atomic E-state index is 12.7. The van der Waals surface area contributed by atoms with E-state index in [1.807, 2.05) is 0 Å². The molecule has 1 fully saturated rings. The lowest BCUT2D eigenvalue weighted by molar-refractivity contribution is 0.239. The molecule has 0 aliphatic carbocycles. The highest BCUT2D eigenvalue weighted by Gasteiger charge is 2.33. The fraction of sp³-hybridized carbons (Fsp3) is 0.615. The summed E-state index contributed by atoms with van der Waals surface area (Å²) in [4.78, 5) is 4.25. The summed E-state index contributed by atoms with van der Waals surface area (Å²) < 4.78 is 27.7. The molecule has 4 nitrogen and oxygen atoms in total. The predicted molar refractivity (Wildman–Crippen MR) is 78.4 cm³/mol. The molecule has 106 valence electrons. The maximum Gasteiger partial charge on any atom is 0.244 e. The van der Waals surface area contributed by atoms with Crippen LogP contribution in [0.4, 0.5) is 0 Å². The number of hydrogen-bond acceptors (Lipinski definition) is 3. The van der Waals surface area contributed by atoms with Gasteiger partial charge in [-0.2, -0.15) is 4.31 Å². The Kier molecular flexibility index (Phi) is 4.97. The van der Waals surface area contributed by atoms with Crippen molar-refractivity contribution in [1.82, 2.24) is 9.29 Å². The maximum atomic E-state index is 12.7. The Bertz CT molecular complexity index is 531. The van der Waals surface area contributed by atoms with Crippen LogP contribution in [0.1, 0.15) is 39.0 Å². The van der Waals surface area contributed by atoms with Crippen molar-refractivity contribution in [3.05, 3.63) is 22.9 Å². The number of sulfonamides is 1. The van der Waals surface area contributed by atoms with Crippen molar-refractivity contribution in [2.24, 2.45) is 0 Å². The average Bonchev–Trinajstić information content (AvgIpc) is 2.39. The molecule has 0 aromatic carbocycles. The van der Waals surface area contributed by atoms with Gasteiger partial charge in [0.2, 0.25) is 10.0 Å². The Morgan fingerprint density at radius 1 is 1.42 bits per heavy atom. The van der Waals surface area contributed by atoms with Gasteiger partial charge in [-0.1, -0.05) is 19.8 Å². The number of piperidine rings is 1. The molecule has 19 heavy (non-hydrogen) atoms. The molecule has 2 heterocycles. The van der Waals surface area contributed by atoms with Crippen LogP contribution in [-0.2, 0) is 10.0 Å². The first-order valence-electron chi connectivity index (χ1n) is 6.68. The SMILES string of the molecule is CCCC1CCCCN1S(=O)(=O)c1cncc(Br)c1. The molecule has 0 N–H and O–H groups in total. The van der Waals surface area contributed by atoms with Crippen molar-refractivity contribution < 1.29 is 8.42 Å². The second-order valence-corrected chi connectivity index (χ2v) is 7.70. The normalized spacial score (nSPS) is 21.5. The Morgan fingerprint density at radius 3 is 2.89 bits per heavy atom. The summed E-state index contributed by atoms with van der Waals surface area (Å²) >= 11 is 3.28. The van der Waals surface area contributed by atoms with Crippen LogP contribution in [0.5, 0.6) is 0 Å². The van der Waals surface area contributed by atoms with Gasteiger partial charge < -0.3 is 0 Å². The van der Waals surface area contributed by atoms with E-state index < -0.39 is 10.0 Å². The lowest BCUT2D eigenvalue weighted by Gasteiger charge is -2.34. The molecule has 1 aliphatic heterocycles. The van der Waals surface area contributed by atoms with Crippen LogP contribution in [0.15, 0.2) is 27.8 Å². The first-order chi connectivity index (χ1) is 9.05.